The van der Waals surface area contributed by atoms with Gasteiger partial charge >= 0.3 is 0 Å². The number of amides is 1. The van der Waals surface area contributed by atoms with Crippen LogP contribution in [0.1, 0.15) is 26.5 Å². The van der Waals surface area contributed by atoms with E-state index in [1.54, 1.807) is 0 Å². The fourth-order valence-electron chi connectivity index (χ4n) is 4.19. The first-order chi connectivity index (χ1) is 17.5. The minimum Gasteiger partial charge on any atom is -0.387 e. The first kappa shape index (κ1) is 24.2. The van der Waals surface area contributed by atoms with Crippen LogP contribution >= 0.6 is 11.3 Å². The van der Waals surface area contributed by atoms with Crippen molar-refractivity contribution in [1.29, 1.82) is 0 Å². The third-order valence-electron chi connectivity index (χ3n) is 6.46. The second-order valence-corrected chi connectivity index (χ2v) is 10.2. The van der Waals surface area contributed by atoms with Crippen LogP contribution in [-0.2, 0) is 6.54 Å². The first-order valence-electron chi connectivity index (χ1n) is 12.2. The first-order valence-corrected chi connectivity index (χ1v) is 13.0. The lowest BCUT2D eigenvalue weighted by molar-refractivity contribution is 0.102. The second-order valence-electron chi connectivity index (χ2n) is 9.23. The highest BCUT2D eigenvalue weighted by Crippen LogP contribution is 2.29. The SMILES string of the molecule is Cc1ccc(NC(=O)c2ccc(CN3CCN(C)CC3)cc2)cc1Nc1nnc(C2=CC=CNC2)s1. The van der Waals surface area contributed by atoms with Crippen LogP contribution in [0, 0.1) is 6.92 Å². The van der Waals surface area contributed by atoms with E-state index in [2.05, 4.69) is 55.1 Å². The van der Waals surface area contributed by atoms with Gasteiger partial charge in [-0.1, -0.05) is 35.6 Å². The number of benzene rings is 2. The normalized spacial score (nSPS) is 16.3. The Morgan fingerprint density at radius 1 is 1.08 bits per heavy atom. The van der Waals surface area contributed by atoms with Gasteiger partial charge in [0.1, 0.15) is 5.01 Å². The van der Waals surface area contributed by atoms with Crippen molar-refractivity contribution in [2.75, 3.05) is 50.4 Å². The molecule has 3 aromatic rings. The number of aromatic nitrogens is 2. The minimum absolute atomic E-state index is 0.126. The summed E-state index contributed by atoms with van der Waals surface area (Å²) in [4.78, 5) is 17.7. The van der Waals surface area contributed by atoms with E-state index in [0.29, 0.717) is 10.7 Å². The van der Waals surface area contributed by atoms with Gasteiger partial charge < -0.3 is 20.9 Å². The molecule has 186 valence electrons. The van der Waals surface area contributed by atoms with Crippen LogP contribution in [0.5, 0.6) is 0 Å². The predicted octanol–water partition coefficient (Wildman–Crippen LogP) is 4.09. The van der Waals surface area contributed by atoms with Crippen LogP contribution < -0.4 is 16.0 Å². The number of nitrogens with zero attached hydrogens (tertiary/aromatic N) is 4. The van der Waals surface area contributed by atoms with E-state index in [1.165, 1.54) is 16.9 Å². The molecule has 3 heterocycles. The van der Waals surface area contributed by atoms with Crippen LogP contribution in [0.4, 0.5) is 16.5 Å². The number of likely N-dealkylation sites (N-methyl/N-ethyl adjacent to an activating group) is 1. The zero-order valence-corrected chi connectivity index (χ0v) is 21.4. The predicted molar refractivity (Wildman–Crippen MR) is 147 cm³/mol. The van der Waals surface area contributed by atoms with E-state index in [0.717, 1.165) is 66.8 Å². The molecular weight excluding hydrogens is 470 g/mol. The number of piperazine rings is 1. The van der Waals surface area contributed by atoms with Crippen molar-refractivity contribution in [1.82, 2.24) is 25.3 Å². The molecule has 1 saturated heterocycles. The number of aryl methyl sites for hydroxylation is 1. The molecule has 3 N–H and O–H groups in total. The van der Waals surface area contributed by atoms with E-state index in [-0.39, 0.29) is 5.91 Å². The number of hydrogen-bond acceptors (Lipinski definition) is 8. The summed E-state index contributed by atoms with van der Waals surface area (Å²) in [5.41, 5.74) is 5.64. The summed E-state index contributed by atoms with van der Waals surface area (Å²) in [6, 6.07) is 13.7. The summed E-state index contributed by atoms with van der Waals surface area (Å²) >= 11 is 1.50. The van der Waals surface area contributed by atoms with Gasteiger partial charge in [0.2, 0.25) is 5.13 Å². The molecular formula is C27H31N7OS. The summed E-state index contributed by atoms with van der Waals surface area (Å²) in [6.07, 6.45) is 5.92. The maximum absolute atomic E-state index is 12.9. The molecule has 0 unspecified atom stereocenters. The van der Waals surface area contributed by atoms with E-state index >= 15 is 0 Å². The number of rotatable bonds is 7. The van der Waals surface area contributed by atoms with Crippen molar-refractivity contribution >= 4 is 39.3 Å². The lowest BCUT2D eigenvalue weighted by Crippen LogP contribution is -2.43. The molecule has 36 heavy (non-hydrogen) atoms. The summed E-state index contributed by atoms with van der Waals surface area (Å²) < 4.78 is 0. The highest BCUT2D eigenvalue weighted by Gasteiger charge is 2.15. The fourth-order valence-corrected chi connectivity index (χ4v) is 4.97. The molecule has 1 fully saturated rings. The molecule has 2 aliphatic rings. The average molecular weight is 502 g/mol. The third-order valence-corrected chi connectivity index (χ3v) is 7.37. The Hall–Kier alpha value is -3.53. The average Bonchev–Trinajstić information content (AvgIpc) is 3.37. The van der Waals surface area contributed by atoms with Gasteiger partial charge in [-0.25, -0.2) is 0 Å². The van der Waals surface area contributed by atoms with Crippen LogP contribution in [0.3, 0.4) is 0 Å². The van der Waals surface area contributed by atoms with Gasteiger partial charge in [0, 0.05) is 61.8 Å². The Bertz CT molecular complexity index is 1270. The van der Waals surface area contributed by atoms with E-state index in [4.69, 9.17) is 0 Å². The van der Waals surface area contributed by atoms with Crippen molar-refractivity contribution in [3.05, 3.63) is 82.5 Å². The smallest absolute Gasteiger partial charge is 0.255 e. The maximum atomic E-state index is 12.9. The molecule has 2 aromatic carbocycles. The molecule has 2 aliphatic heterocycles. The summed E-state index contributed by atoms with van der Waals surface area (Å²) in [5, 5.41) is 19.8. The van der Waals surface area contributed by atoms with Gasteiger partial charge in [0.05, 0.1) is 0 Å². The Labute approximate surface area is 215 Å². The molecule has 8 nitrogen and oxygen atoms in total. The number of carbonyl (C=O) groups excluding carboxylic acids is 1. The minimum atomic E-state index is -0.126. The monoisotopic (exact) mass is 501 g/mol. The largest absolute Gasteiger partial charge is 0.387 e. The molecule has 0 atom stereocenters. The van der Waals surface area contributed by atoms with Crippen molar-refractivity contribution in [2.45, 2.75) is 13.5 Å². The Morgan fingerprint density at radius 3 is 2.64 bits per heavy atom. The quantitative estimate of drug-likeness (QED) is 0.450. The topological polar surface area (TPSA) is 85.4 Å². The van der Waals surface area contributed by atoms with Gasteiger partial charge in [0.15, 0.2) is 0 Å². The van der Waals surface area contributed by atoms with Crippen molar-refractivity contribution in [3.63, 3.8) is 0 Å². The highest BCUT2D eigenvalue weighted by atomic mass is 32.1. The molecule has 0 bridgehead atoms. The lowest BCUT2D eigenvalue weighted by atomic mass is 10.1. The van der Waals surface area contributed by atoms with E-state index < -0.39 is 0 Å². The van der Waals surface area contributed by atoms with Crippen LogP contribution in [0.2, 0.25) is 0 Å². The van der Waals surface area contributed by atoms with Gasteiger partial charge in [-0.15, -0.1) is 10.2 Å². The number of anilines is 3. The molecule has 0 radical (unpaired) electrons. The molecule has 0 spiro atoms. The third kappa shape index (κ3) is 5.99. The number of nitrogens with one attached hydrogen (secondary N) is 3. The molecule has 1 amide bonds. The summed E-state index contributed by atoms with van der Waals surface area (Å²) in [5.74, 6) is -0.126. The molecule has 5 rings (SSSR count). The van der Waals surface area contributed by atoms with Crippen molar-refractivity contribution in [3.8, 4) is 0 Å². The summed E-state index contributed by atoms with van der Waals surface area (Å²) in [7, 11) is 2.16. The fraction of sp³-hybridized carbons (Fsp3) is 0.296. The number of hydrogen-bond donors (Lipinski definition) is 3. The second kappa shape index (κ2) is 11.0. The van der Waals surface area contributed by atoms with E-state index in [9.17, 15) is 4.79 Å². The van der Waals surface area contributed by atoms with Crippen LogP contribution in [0.15, 0.2) is 60.8 Å². The highest BCUT2D eigenvalue weighted by molar-refractivity contribution is 7.16. The van der Waals surface area contributed by atoms with Crippen molar-refractivity contribution < 1.29 is 4.79 Å². The van der Waals surface area contributed by atoms with Gasteiger partial charge in [-0.3, -0.25) is 9.69 Å². The lowest BCUT2D eigenvalue weighted by Gasteiger charge is -2.32. The number of allylic oxidation sites excluding steroid dienone is 2. The summed E-state index contributed by atoms with van der Waals surface area (Å²) in [6.45, 7) is 8.03. The Morgan fingerprint density at radius 2 is 1.89 bits per heavy atom. The van der Waals surface area contributed by atoms with Crippen LogP contribution in [-0.4, -0.2) is 65.7 Å². The maximum Gasteiger partial charge on any atom is 0.255 e. The number of dihydropyridines is 1. The van der Waals surface area contributed by atoms with Gasteiger partial charge in [0.25, 0.3) is 5.91 Å². The zero-order chi connectivity index (χ0) is 24.9. The molecule has 0 aliphatic carbocycles. The molecule has 0 saturated carbocycles. The zero-order valence-electron chi connectivity index (χ0n) is 20.6. The van der Waals surface area contributed by atoms with Gasteiger partial charge in [-0.2, -0.15) is 0 Å². The van der Waals surface area contributed by atoms with Crippen LogP contribution in [0.25, 0.3) is 5.57 Å². The van der Waals surface area contributed by atoms with E-state index in [1.807, 2.05) is 55.6 Å². The van der Waals surface area contributed by atoms with Gasteiger partial charge in [-0.05, 0) is 61.6 Å². The van der Waals surface area contributed by atoms with Crippen molar-refractivity contribution in [2.24, 2.45) is 0 Å². The molecule has 9 heteroatoms. The standard InChI is InChI=1S/C27H31N7OS/c1-19-5-10-23(16-24(19)30-27-32-31-26(36-27)22-4-3-11-28-17-22)29-25(35)21-8-6-20(7-9-21)18-34-14-12-33(2)13-15-34/h3-11,16,28H,12-15,17-18H2,1-2H3,(H,29,35)(H,30,32). The molecule has 1 aromatic heterocycles. The number of carbonyl (C=O) groups is 1. The Kier molecular flexibility index (Phi) is 7.41. The Balaban J connectivity index is 1.21.